The van der Waals surface area contributed by atoms with Crippen LogP contribution < -0.4 is 0 Å². The normalized spacial score (nSPS) is 12.9. The first-order chi connectivity index (χ1) is 8.72. The smallest absolute Gasteiger partial charge is 0.194 e. The van der Waals surface area contributed by atoms with Crippen molar-refractivity contribution in [2.24, 2.45) is 0 Å². The first kappa shape index (κ1) is 15.3. The van der Waals surface area contributed by atoms with Crippen molar-refractivity contribution in [2.45, 2.75) is 85.0 Å². The average molecular weight is 251 g/mol. The molecule has 1 atom stereocenters. The molecule has 0 saturated carbocycles. The second-order valence-corrected chi connectivity index (χ2v) is 5.26. The van der Waals surface area contributed by atoms with Gasteiger partial charge in [0.15, 0.2) is 5.89 Å². The van der Waals surface area contributed by atoms with Gasteiger partial charge in [0.25, 0.3) is 0 Å². The van der Waals surface area contributed by atoms with Crippen LogP contribution in [-0.4, -0.2) is 4.98 Å². The summed E-state index contributed by atoms with van der Waals surface area (Å²) in [5.74, 6) is 2.65. The molecule has 0 aromatic carbocycles. The van der Waals surface area contributed by atoms with Crippen molar-refractivity contribution < 1.29 is 4.42 Å². The van der Waals surface area contributed by atoms with E-state index >= 15 is 0 Å². The summed E-state index contributed by atoms with van der Waals surface area (Å²) in [5, 5.41) is 0. The van der Waals surface area contributed by atoms with E-state index in [0.29, 0.717) is 5.92 Å². The largest absolute Gasteiger partial charge is 0.445 e. The summed E-state index contributed by atoms with van der Waals surface area (Å²) in [6.07, 6.45) is 9.80. The van der Waals surface area contributed by atoms with Crippen LogP contribution in [0.5, 0.6) is 0 Å². The van der Waals surface area contributed by atoms with Gasteiger partial charge in [0.1, 0.15) is 5.76 Å². The molecule has 0 N–H and O–H groups in total. The highest BCUT2D eigenvalue weighted by molar-refractivity contribution is 5.13. The monoisotopic (exact) mass is 251 g/mol. The molecule has 0 aliphatic carbocycles. The van der Waals surface area contributed by atoms with Crippen molar-refractivity contribution in [3.63, 3.8) is 0 Å². The summed E-state index contributed by atoms with van der Waals surface area (Å²) in [6.45, 7) is 8.77. The topological polar surface area (TPSA) is 26.0 Å². The molecule has 2 nitrogen and oxygen atoms in total. The summed E-state index contributed by atoms with van der Waals surface area (Å²) in [7, 11) is 0. The average Bonchev–Trinajstić information content (AvgIpc) is 2.71. The molecule has 1 aromatic heterocycles. The number of aryl methyl sites for hydroxylation is 2. The molecule has 0 amide bonds. The third-order valence-electron chi connectivity index (χ3n) is 3.61. The van der Waals surface area contributed by atoms with Crippen LogP contribution in [0.3, 0.4) is 0 Å². The fourth-order valence-electron chi connectivity index (χ4n) is 2.50. The number of unbranched alkanes of at least 4 members (excludes halogenated alkanes) is 3. The van der Waals surface area contributed by atoms with E-state index in [2.05, 4.69) is 32.7 Å². The maximum Gasteiger partial charge on any atom is 0.194 e. The molecular weight excluding hydrogens is 222 g/mol. The number of nitrogens with zero attached hydrogens (tertiary/aromatic N) is 1. The molecule has 2 heteroatoms. The second-order valence-electron chi connectivity index (χ2n) is 5.26. The SMILES string of the molecule is CCCCCCC(CC)c1oc(CCC)nc1C. The van der Waals surface area contributed by atoms with Gasteiger partial charge in [0, 0.05) is 12.3 Å². The van der Waals surface area contributed by atoms with Crippen LogP contribution in [0.15, 0.2) is 4.42 Å². The Morgan fingerprint density at radius 3 is 2.44 bits per heavy atom. The fraction of sp³-hybridized carbons (Fsp3) is 0.812. The van der Waals surface area contributed by atoms with Gasteiger partial charge in [-0.05, 0) is 26.2 Å². The minimum atomic E-state index is 0.569. The van der Waals surface area contributed by atoms with Crippen molar-refractivity contribution in [1.29, 1.82) is 0 Å². The van der Waals surface area contributed by atoms with E-state index < -0.39 is 0 Å². The van der Waals surface area contributed by atoms with E-state index in [1.807, 2.05) is 0 Å². The molecule has 0 aliphatic rings. The van der Waals surface area contributed by atoms with Crippen LogP contribution in [0.2, 0.25) is 0 Å². The first-order valence-corrected chi connectivity index (χ1v) is 7.69. The van der Waals surface area contributed by atoms with Crippen molar-refractivity contribution in [3.8, 4) is 0 Å². The molecule has 0 fully saturated rings. The number of oxazole rings is 1. The molecule has 1 heterocycles. The van der Waals surface area contributed by atoms with Gasteiger partial charge < -0.3 is 4.42 Å². The Morgan fingerprint density at radius 2 is 1.83 bits per heavy atom. The maximum absolute atomic E-state index is 5.95. The quantitative estimate of drug-likeness (QED) is 0.549. The van der Waals surface area contributed by atoms with Crippen LogP contribution in [-0.2, 0) is 6.42 Å². The minimum absolute atomic E-state index is 0.569. The van der Waals surface area contributed by atoms with Crippen molar-refractivity contribution in [1.82, 2.24) is 4.98 Å². The fourth-order valence-corrected chi connectivity index (χ4v) is 2.50. The molecule has 0 bridgehead atoms. The van der Waals surface area contributed by atoms with Crippen molar-refractivity contribution >= 4 is 0 Å². The Labute approximate surface area is 112 Å². The Balaban J connectivity index is 2.57. The predicted octanol–water partition coefficient (Wildman–Crippen LogP) is 5.40. The van der Waals surface area contributed by atoms with E-state index in [1.54, 1.807) is 0 Å². The number of rotatable bonds is 9. The van der Waals surface area contributed by atoms with Gasteiger partial charge in [-0.15, -0.1) is 0 Å². The van der Waals surface area contributed by atoms with Crippen LogP contribution in [0, 0.1) is 6.92 Å². The van der Waals surface area contributed by atoms with E-state index in [-0.39, 0.29) is 0 Å². The van der Waals surface area contributed by atoms with Crippen LogP contribution in [0.4, 0.5) is 0 Å². The van der Waals surface area contributed by atoms with Gasteiger partial charge >= 0.3 is 0 Å². The van der Waals surface area contributed by atoms with Gasteiger partial charge in [-0.25, -0.2) is 4.98 Å². The molecule has 0 saturated heterocycles. The third-order valence-corrected chi connectivity index (χ3v) is 3.61. The summed E-state index contributed by atoms with van der Waals surface area (Å²) in [6, 6.07) is 0. The molecule has 1 rings (SSSR count). The molecule has 0 radical (unpaired) electrons. The Bertz CT molecular complexity index is 330. The highest BCUT2D eigenvalue weighted by atomic mass is 16.4. The zero-order valence-electron chi connectivity index (χ0n) is 12.6. The van der Waals surface area contributed by atoms with E-state index in [1.165, 1.54) is 32.1 Å². The zero-order valence-corrected chi connectivity index (χ0v) is 12.6. The third kappa shape index (κ3) is 4.47. The Kier molecular flexibility index (Phi) is 7.07. The van der Waals surface area contributed by atoms with Crippen LogP contribution >= 0.6 is 0 Å². The maximum atomic E-state index is 5.95. The molecule has 1 unspecified atom stereocenters. The van der Waals surface area contributed by atoms with Gasteiger partial charge in [-0.3, -0.25) is 0 Å². The molecule has 104 valence electrons. The summed E-state index contributed by atoms with van der Waals surface area (Å²) < 4.78 is 5.95. The highest BCUT2D eigenvalue weighted by Gasteiger charge is 2.18. The first-order valence-electron chi connectivity index (χ1n) is 7.69. The van der Waals surface area contributed by atoms with Crippen molar-refractivity contribution in [3.05, 3.63) is 17.3 Å². The summed E-state index contributed by atoms with van der Waals surface area (Å²) >= 11 is 0. The lowest BCUT2D eigenvalue weighted by atomic mass is 9.95. The molecule has 0 spiro atoms. The van der Waals surface area contributed by atoms with E-state index in [9.17, 15) is 0 Å². The lowest BCUT2D eigenvalue weighted by Crippen LogP contribution is -1.98. The Hall–Kier alpha value is -0.790. The van der Waals surface area contributed by atoms with Crippen molar-refractivity contribution in [2.75, 3.05) is 0 Å². The van der Waals surface area contributed by atoms with Gasteiger partial charge in [-0.1, -0.05) is 46.5 Å². The van der Waals surface area contributed by atoms with Gasteiger partial charge in [0.05, 0.1) is 5.69 Å². The number of aromatic nitrogens is 1. The zero-order chi connectivity index (χ0) is 13.4. The number of hydrogen-bond acceptors (Lipinski definition) is 2. The molecule has 0 aliphatic heterocycles. The molecule has 1 aromatic rings. The number of hydrogen-bond donors (Lipinski definition) is 0. The molecular formula is C16H29NO. The van der Waals surface area contributed by atoms with Gasteiger partial charge in [-0.2, -0.15) is 0 Å². The van der Waals surface area contributed by atoms with E-state index in [4.69, 9.17) is 4.42 Å². The molecule has 18 heavy (non-hydrogen) atoms. The Morgan fingerprint density at radius 1 is 1.06 bits per heavy atom. The second kappa shape index (κ2) is 8.34. The highest BCUT2D eigenvalue weighted by Crippen LogP contribution is 2.29. The lowest BCUT2D eigenvalue weighted by molar-refractivity contribution is 0.396. The van der Waals surface area contributed by atoms with Gasteiger partial charge in [0.2, 0.25) is 0 Å². The van der Waals surface area contributed by atoms with Crippen LogP contribution in [0.25, 0.3) is 0 Å². The minimum Gasteiger partial charge on any atom is -0.445 e. The standard InChI is InChI=1S/C16H29NO/c1-5-8-9-10-12-14(7-3)16-13(4)17-15(18-16)11-6-2/h14H,5-12H2,1-4H3. The van der Waals surface area contributed by atoms with Crippen LogP contribution in [0.1, 0.15) is 89.0 Å². The summed E-state index contributed by atoms with van der Waals surface area (Å²) in [4.78, 5) is 4.55. The lowest BCUT2D eigenvalue weighted by Gasteiger charge is -2.12. The van der Waals surface area contributed by atoms with E-state index in [0.717, 1.165) is 36.6 Å². The predicted molar refractivity (Wildman–Crippen MR) is 77.0 cm³/mol. The summed E-state index contributed by atoms with van der Waals surface area (Å²) in [5.41, 5.74) is 1.11.